The molecular weight excluding hydrogens is 805 g/mol. The molecule has 0 aliphatic carbocycles. The number of unbranched alkanes of at least 4 members (excludes halogenated alkanes) is 32. The van der Waals surface area contributed by atoms with Crippen LogP contribution in [0.1, 0.15) is 290 Å². The lowest BCUT2D eigenvalue weighted by Crippen LogP contribution is -2.30. The van der Waals surface area contributed by atoms with Crippen molar-refractivity contribution >= 4 is 17.9 Å². The maximum absolute atomic E-state index is 12.8. The van der Waals surface area contributed by atoms with Gasteiger partial charge in [0.25, 0.3) is 0 Å². The molecule has 0 aliphatic heterocycles. The minimum Gasteiger partial charge on any atom is -0.462 e. The van der Waals surface area contributed by atoms with Gasteiger partial charge < -0.3 is 14.2 Å². The molecule has 0 aliphatic rings. The summed E-state index contributed by atoms with van der Waals surface area (Å²) in [4.78, 5) is 37.7. The van der Waals surface area contributed by atoms with Gasteiger partial charge in [0.2, 0.25) is 0 Å². The van der Waals surface area contributed by atoms with Crippen molar-refractivity contribution in [2.24, 2.45) is 0 Å². The summed E-state index contributed by atoms with van der Waals surface area (Å²) in [6, 6.07) is 0. The zero-order valence-electron chi connectivity index (χ0n) is 43.3. The number of rotatable bonds is 51. The minimum atomic E-state index is -0.772. The van der Waals surface area contributed by atoms with Gasteiger partial charge >= 0.3 is 17.9 Å². The molecule has 1 atom stereocenters. The predicted octanol–water partition coefficient (Wildman–Crippen LogP) is 18.7. The first-order valence-corrected chi connectivity index (χ1v) is 28.1. The van der Waals surface area contributed by atoms with E-state index in [9.17, 15) is 14.4 Å². The van der Waals surface area contributed by atoms with Crippen LogP contribution in [0.5, 0.6) is 0 Å². The number of carbonyl (C=O) groups is 3. The lowest BCUT2D eigenvalue weighted by molar-refractivity contribution is -0.167. The molecule has 0 fully saturated rings. The van der Waals surface area contributed by atoms with E-state index in [4.69, 9.17) is 14.2 Å². The molecule has 65 heavy (non-hydrogen) atoms. The second-order valence-corrected chi connectivity index (χ2v) is 18.8. The van der Waals surface area contributed by atoms with Crippen LogP contribution in [0.25, 0.3) is 0 Å². The minimum absolute atomic E-state index is 0.0757. The molecule has 0 aromatic heterocycles. The zero-order chi connectivity index (χ0) is 47.2. The van der Waals surface area contributed by atoms with Crippen LogP contribution in [0, 0.1) is 0 Å². The first-order valence-electron chi connectivity index (χ1n) is 28.1. The smallest absolute Gasteiger partial charge is 0.306 e. The fourth-order valence-electron chi connectivity index (χ4n) is 8.03. The Hall–Kier alpha value is -2.63. The molecule has 0 N–H and O–H groups in total. The van der Waals surface area contributed by atoms with Crippen molar-refractivity contribution in [2.45, 2.75) is 297 Å². The van der Waals surface area contributed by atoms with E-state index in [1.165, 1.54) is 173 Å². The molecular formula is C59H106O6. The first kappa shape index (κ1) is 62.4. The highest BCUT2D eigenvalue weighted by Gasteiger charge is 2.19. The van der Waals surface area contributed by atoms with Gasteiger partial charge in [-0.15, -0.1) is 0 Å². The molecule has 0 aromatic rings. The number of ether oxygens (including phenoxy) is 3. The van der Waals surface area contributed by atoms with Gasteiger partial charge in [0.15, 0.2) is 6.10 Å². The third-order valence-electron chi connectivity index (χ3n) is 12.3. The third kappa shape index (κ3) is 52.2. The highest BCUT2D eigenvalue weighted by Crippen LogP contribution is 2.15. The summed E-state index contributed by atoms with van der Waals surface area (Å²) >= 11 is 0. The summed E-state index contributed by atoms with van der Waals surface area (Å²) < 4.78 is 16.7. The second kappa shape index (κ2) is 54.0. The number of hydrogen-bond donors (Lipinski definition) is 0. The summed E-state index contributed by atoms with van der Waals surface area (Å²) in [7, 11) is 0. The standard InChI is InChI=1S/C59H106O6/c1-4-7-10-13-15-17-19-21-23-25-26-27-28-29-30-31-32-34-35-37-39-41-43-46-49-52-58(61)64-55-56(54-63-57(60)51-48-45-12-9-6-3)65-59(62)53-50-47-44-42-40-38-36-33-24-22-20-18-16-14-11-8-5-2/h19,21-22,24-26,28-29,56H,4-18,20,23,27,30-55H2,1-3H3/b21-19-,24-22-,26-25-,29-28-. The van der Waals surface area contributed by atoms with Crippen LogP contribution in [-0.2, 0) is 28.6 Å². The average molecular weight is 911 g/mol. The van der Waals surface area contributed by atoms with Gasteiger partial charge in [-0.2, -0.15) is 0 Å². The van der Waals surface area contributed by atoms with Crippen LogP contribution in [0.4, 0.5) is 0 Å². The van der Waals surface area contributed by atoms with Crippen molar-refractivity contribution in [2.75, 3.05) is 13.2 Å². The summed E-state index contributed by atoms with van der Waals surface area (Å²) in [5, 5.41) is 0. The number of allylic oxidation sites excluding steroid dienone is 8. The predicted molar refractivity (Wildman–Crippen MR) is 279 cm³/mol. The Morgan fingerprint density at radius 2 is 0.554 bits per heavy atom. The van der Waals surface area contributed by atoms with E-state index < -0.39 is 6.10 Å². The van der Waals surface area contributed by atoms with Crippen LogP contribution in [-0.4, -0.2) is 37.2 Å². The Morgan fingerprint density at radius 3 is 0.877 bits per heavy atom. The monoisotopic (exact) mass is 911 g/mol. The Balaban J connectivity index is 4.09. The molecule has 0 heterocycles. The van der Waals surface area contributed by atoms with Crippen LogP contribution in [0.15, 0.2) is 48.6 Å². The average Bonchev–Trinajstić information content (AvgIpc) is 3.30. The largest absolute Gasteiger partial charge is 0.462 e. The van der Waals surface area contributed by atoms with Gasteiger partial charge in [-0.25, -0.2) is 0 Å². The maximum atomic E-state index is 12.8. The molecule has 0 rings (SSSR count). The Morgan fingerprint density at radius 1 is 0.308 bits per heavy atom. The van der Waals surface area contributed by atoms with Gasteiger partial charge in [-0.3, -0.25) is 14.4 Å². The van der Waals surface area contributed by atoms with E-state index in [1.54, 1.807) is 0 Å². The highest BCUT2D eigenvalue weighted by molar-refractivity contribution is 5.71. The Bertz CT molecular complexity index is 1140. The lowest BCUT2D eigenvalue weighted by atomic mass is 10.1. The quantitative estimate of drug-likeness (QED) is 0.0262. The van der Waals surface area contributed by atoms with Crippen molar-refractivity contribution in [1.82, 2.24) is 0 Å². The van der Waals surface area contributed by atoms with E-state index >= 15 is 0 Å². The second-order valence-electron chi connectivity index (χ2n) is 18.8. The van der Waals surface area contributed by atoms with Crippen LogP contribution >= 0.6 is 0 Å². The molecule has 1 unspecified atom stereocenters. The van der Waals surface area contributed by atoms with Crippen molar-refractivity contribution < 1.29 is 28.6 Å². The van der Waals surface area contributed by atoms with E-state index in [1.807, 2.05) is 0 Å². The molecule has 0 amide bonds. The summed E-state index contributed by atoms with van der Waals surface area (Å²) in [6.07, 6.45) is 65.7. The van der Waals surface area contributed by atoms with E-state index in [0.29, 0.717) is 19.3 Å². The van der Waals surface area contributed by atoms with Crippen LogP contribution in [0.2, 0.25) is 0 Å². The van der Waals surface area contributed by atoms with Crippen molar-refractivity contribution in [3.8, 4) is 0 Å². The van der Waals surface area contributed by atoms with Gasteiger partial charge in [-0.05, 0) is 83.5 Å². The zero-order valence-corrected chi connectivity index (χ0v) is 43.3. The summed E-state index contributed by atoms with van der Waals surface area (Å²) in [5.74, 6) is -0.888. The van der Waals surface area contributed by atoms with Crippen molar-refractivity contribution in [1.29, 1.82) is 0 Å². The number of hydrogen-bond acceptors (Lipinski definition) is 6. The number of esters is 3. The maximum Gasteiger partial charge on any atom is 0.306 e. The highest BCUT2D eigenvalue weighted by atomic mass is 16.6. The molecule has 6 heteroatoms. The number of carbonyl (C=O) groups excluding carboxylic acids is 3. The molecule has 0 radical (unpaired) electrons. The first-order chi connectivity index (χ1) is 32.0. The van der Waals surface area contributed by atoms with Gasteiger partial charge in [0.1, 0.15) is 13.2 Å². The molecule has 0 spiro atoms. The fraction of sp³-hybridized carbons (Fsp3) is 0.814. The molecule has 6 nitrogen and oxygen atoms in total. The van der Waals surface area contributed by atoms with Crippen molar-refractivity contribution in [3.05, 3.63) is 48.6 Å². The van der Waals surface area contributed by atoms with Gasteiger partial charge in [-0.1, -0.05) is 236 Å². The van der Waals surface area contributed by atoms with Crippen LogP contribution < -0.4 is 0 Å². The molecule has 0 saturated heterocycles. The van der Waals surface area contributed by atoms with Crippen molar-refractivity contribution in [3.63, 3.8) is 0 Å². The lowest BCUT2D eigenvalue weighted by Gasteiger charge is -2.18. The van der Waals surface area contributed by atoms with Gasteiger partial charge in [0, 0.05) is 19.3 Å². The molecule has 0 saturated carbocycles. The topological polar surface area (TPSA) is 78.9 Å². The SMILES string of the molecule is CCCCCCC/C=C\C/C=C\C/C=C\CCCCCCCCCCCCC(=O)OCC(COC(=O)CCCCCCC)OC(=O)CCCCCCCCC/C=C\CCCCCCCC. The normalized spacial score (nSPS) is 12.4. The molecule has 0 bridgehead atoms. The Labute approximate surface area is 403 Å². The van der Waals surface area contributed by atoms with E-state index in [-0.39, 0.29) is 31.1 Å². The van der Waals surface area contributed by atoms with Gasteiger partial charge in [0.05, 0.1) is 0 Å². The molecule has 378 valence electrons. The molecule has 0 aromatic carbocycles. The van der Waals surface area contributed by atoms with E-state index in [2.05, 4.69) is 69.4 Å². The summed E-state index contributed by atoms with van der Waals surface area (Å²) in [6.45, 7) is 6.55. The van der Waals surface area contributed by atoms with E-state index in [0.717, 1.165) is 77.0 Å². The third-order valence-corrected chi connectivity index (χ3v) is 12.3. The van der Waals surface area contributed by atoms with Crippen LogP contribution in [0.3, 0.4) is 0 Å². The Kier molecular flexibility index (Phi) is 51.8. The fourth-order valence-corrected chi connectivity index (χ4v) is 8.03. The summed E-state index contributed by atoms with van der Waals surface area (Å²) in [5.41, 5.74) is 0.